The minimum absolute atomic E-state index is 0.0895. The quantitative estimate of drug-likeness (QED) is 0.618. The van der Waals surface area contributed by atoms with Gasteiger partial charge in [-0.05, 0) is 58.6 Å². The van der Waals surface area contributed by atoms with Crippen LogP contribution >= 0.6 is 0 Å². The van der Waals surface area contributed by atoms with Gasteiger partial charge in [-0.2, -0.15) is 0 Å². The molecule has 0 aliphatic heterocycles. The molecule has 4 nitrogen and oxygen atoms in total. The van der Waals surface area contributed by atoms with E-state index in [0.717, 1.165) is 24.0 Å². The SMILES string of the molecule is CC(C)c1cc(C(C)C)c(S(=O)(=O)NC2C3CCC(C)(C2O)C3(C)C)c(C(C)C)c1. The Kier molecular flexibility index (Phi) is 6.01. The summed E-state index contributed by atoms with van der Waals surface area (Å²) >= 11 is 0. The van der Waals surface area contributed by atoms with E-state index in [1.165, 1.54) is 5.56 Å². The molecule has 2 aliphatic carbocycles. The summed E-state index contributed by atoms with van der Waals surface area (Å²) in [6, 6.07) is 3.70. The molecule has 0 radical (unpaired) electrons. The lowest BCUT2D eigenvalue weighted by Crippen LogP contribution is -2.49. The lowest BCUT2D eigenvalue weighted by molar-refractivity contribution is 0.00348. The van der Waals surface area contributed by atoms with Crippen LogP contribution in [0.3, 0.4) is 0 Å². The van der Waals surface area contributed by atoms with Gasteiger partial charge in [0.25, 0.3) is 0 Å². The first-order valence-electron chi connectivity index (χ1n) is 11.5. The topological polar surface area (TPSA) is 66.4 Å². The van der Waals surface area contributed by atoms with Gasteiger partial charge in [-0.15, -0.1) is 0 Å². The van der Waals surface area contributed by atoms with Gasteiger partial charge in [-0.3, -0.25) is 0 Å². The van der Waals surface area contributed by atoms with Gasteiger partial charge in [0.2, 0.25) is 10.0 Å². The Labute approximate surface area is 183 Å². The van der Waals surface area contributed by atoms with Gasteiger partial charge < -0.3 is 5.11 Å². The number of sulfonamides is 1. The second-order valence-electron chi connectivity index (χ2n) is 11.4. The van der Waals surface area contributed by atoms with Crippen LogP contribution in [0.1, 0.15) is 110 Å². The van der Waals surface area contributed by atoms with Gasteiger partial charge in [-0.25, -0.2) is 13.1 Å². The Morgan fingerprint density at radius 2 is 1.47 bits per heavy atom. The highest BCUT2D eigenvalue weighted by atomic mass is 32.2. The molecule has 4 unspecified atom stereocenters. The van der Waals surface area contributed by atoms with Crippen molar-refractivity contribution in [1.29, 1.82) is 0 Å². The maximum atomic E-state index is 13.8. The highest BCUT2D eigenvalue weighted by Gasteiger charge is 2.66. The first kappa shape index (κ1) is 23.7. The fourth-order valence-electron chi connectivity index (χ4n) is 5.92. The number of benzene rings is 1. The average molecular weight is 436 g/mol. The van der Waals surface area contributed by atoms with Crippen LogP contribution in [-0.2, 0) is 10.0 Å². The first-order chi connectivity index (χ1) is 13.6. The maximum Gasteiger partial charge on any atom is 0.241 e. The van der Waals surface area contributed by atoms with Crippen LogP contribution in [0, 0.1) is 16.7 Å². The molecule has 2 N–H and O–H groups in total. The molecule has 0 heterocycles. The number of aliphatic hydroxyl groups excluding tert-OH is 1. The van der Waals surface area contributed by atoms with E-state index in [1.54, 1.807) is 0 Å². The number of nitrogens with one attached hydrogen (secondary N) is 1. The van der Waals surface area contributed by atoms with E-state index in [0.29, 0.717) is 10.8 Å². The van der Waals surface area contributed by atoms with E-state index in [-0.39, 0.29) is 28.6 Å². The molecule has 3 rings (SSSR count). The molecule has 170 valence electrons. The summed E-state index contributed by atoms with van der Waals surface area (Å²) in [4.78, 5) is 0.426. The highest BCUT2D eigenvalue weighted by Crippen LogP contribution is 2.65. The second kappa shape index (κ2) is 7.60. The summed E-state index contributed by atoms with van der Waals surface area (Å²) in [5.41, 5.74) is 2.58. The van der Waals surface area contributed by atoms with E-state index >= 15 is 0 Å². The zero-order chi connectivity index (χ0) is 22.8. The molecule has 2 aliphatic rings. The van der Waals surface area contributed by atoms with Crippen molar-refractivity contribution in [3.63, 3.8) is 0 Å². The Balaban J connectivity index is 2.11. The van der Waals surface area contributed by atoms with Crippen molar-refractivity contribution in [2.75, 3.05) is 0 Å². The van der Waals surface area contributed by atoms with Crippen LogP contribution in [0.25, 0.3) is 0 Å². The average Bonchev–Trinajstić information content (AvgIpc) is 2.94. The number of hydrogen-bond acceptors (Lipinski definition) is 3. The number of hydrogen-bond donors (Lipinski definition) is 2. The maximum absolute atomic E-state index is 13.8. The lowest BCUT2D eigenvalue weighted by atomic mass is 9.70. The summed E-state index contributed by atoms with van der Waals surface area (Å²) in [6.45, 7) is 19.0. The summed E-state index contributed by atoms with van der Waals surface area (Å²) < 4.78 is 30.7. The van der Waals surface area contributed by atoms with Gasteiger partial charge in [0, 0.05) is 5.41 Å². The smallest absolute Gasteiger partial charge is 0.241 e. The molecular weight excluding hydrogens is 394 g/mol. The van der Waals surface area contributed by atoms with Crippen molar-refractivity contribution < 1.29 is 13.5 Å². The molecule has 2 saturated carbocycles. The normalized spacial score (nSPS) is 30.8. The fourth-order valence-corrected chi connectivity index (χ4v) is 7.90. The van der Waals surface area contributed by atoms with Crippen LogP contribution < -0.4 is 4.72 Å². The Morgan fingerprint density at radius 3 is 1.83 bits per heavy atom. The molecule has 1 aromatic rings. The van der Waals surface area contributed by atoms with Crippen LogP contribution in [-0.4, -0.2) is 25.7 Å². The monoisotopic (exact) mass is 435 g/mol. The minimum atomic E-state index is -3.78. The van der Waals surface area contributed by atoms with Crippen molar-refractivity contribution >= 4 is 10.0 Å². The van der Waals surface area contributed by atoms with E-state index in [4.69, 9.17) is 0 Å². The number of fused-ring (bicyclic) bond motifs is 2. The molecule has 2 fully saturated rings. The van der Waals surface area contributed by atoms with E-state index in [9.17, 15) is 13.5 Å². The lowest BCUT2D eigenvalue weighted by Gasteiger charge is -2.37. The summed E-state index contributed by atoms with van der Waals surface area (Å²) in [7, 11) is -3.78. The summed E-state index contributed by atoms with van der Waals surface area (Å²) in [5.74, 6) is 0.656. The van der Waals surface area contributed by atoms with Crippen LogP contribution in [0.15, 0.2) is 17.0 Å². The van der Waals surface area contributed by atoms with Crippen LogP contribution in [0.4, 0.5) is 0 Å². The molecule has 5 heteroatoms. The molecule has 0 amide bonds. The summed E-state index contributed by atoms with van der Waals surface area (Å²) in [6.07, 6.45) is 1.23. The Morgan fingerprint density at radius 1 is 0.967 bits per heavy atom. The third-order valence-electron chi connectivity index (χ3n) is 8.44. The van der Waals surface area contributed by atoms with Gasteiger partial charge >= 0.3 is 0 Å². The van der Waals surface area contributed by atoms with Crippen molar-refractivity contribution in [2.24, 2.45) is 16.7 Å². The number of rotatable bonds is 6. The van der Waals surface area contributed by atoms with Crippen molar-refractivity contribution in [1.82, 2.24) is 4.72 Å². The van der Waals surface area contributed by atoms with Gasteiger partial charge in [-0.1, -0.05) is 74.4 Å². The minimum Gasteiger partial charge on any atom is -0.391 e. The molecule has 2 bridgehead atoms. The highest BCUT2D eigenvalue weighted by molar-refractivity contribution is 7.89. The molecule has 0 aromatic heterocycles. The molecular formula is C25H41NO3S. The molecule has 0 saturated heterocycles. The Bertz CT molecular complexity index is 887. The molecule has 30 heavy (non-hydrogen) atoms. The predicted octanol–water partition coefficient (Wildman–Crippen LogP) is 5.52. The molecule has 0 spiro atoms. The van der Waals surface area contributed by atoms with E-state index in [1.807, 2.05) is 0 Å². The molecule has 1 aromatic carbocycles. The van der Waals surface area contributed by atoms with Gasteiger partial charge in [0.1, 0.15) is 0 Å². The van der Waals surface area contributed by atoms with Crippen molar-refractivity contribution in [3.05, 3.63) is 28.8 Å². The Hall–Kier alpha value is -0.910. The van der Waals surface area contributed by atoms with Gasteiger partial charge in [0.05, 0.1) is 17.0 Å². The van der Waals surface area contributed by atoms with Crippen LogP contribution in [0.2, 0.25) is 0 Å². The van der Waals surface area contributed by atoms with Crippen molar-refractivity contribution in [3.8, 4) is 0 Å². The third kappa shape index (κ3) is 3.45. The number of aliphatic hydroxyl groups is 1. The largest absolute Gasteiger partial charge is 0.391 e. The van der Waals surface area contributed by atoms with Crippen molar-refractivity contribution in [2.45, 2.75) is 110 Å². The van der Waals surface area contributed by atoms with E-state index in [2.05, 4.69) is 79.2 Å². The fraction of sp³-hybridized carbons (Fsp3) is 0.760. The molecule has 4 atom stereocenters. The summed E-state index contributed by atoms with van der Waals surface area (Å²) in [5, 5.41) is 11.1. The van der Waals surface area contributed by atoms with Crippen LogP contribution in [0.5, 0.6) is 0 Å². The second-order valence-corrected chi connectivity index (χ2v) is 13.0. The zero-order valence-electron chi connectivity index (χ0n) is 20.2. The van der Waals surface area contributed by atoms with Gasteiger partial charge in [0.15, 0.2) is 0 Å². The van der Waals surface area contributed by atoms with E-state index < -0.39 is 22.2 Å². The zero-order valence-corrected chi connectivity index (χ0v) is 21.0. The first-order valence-corrected chi connectivity index (χ1v) is 13.0. The standard InChI is InChI=1S/C25H41NO3S/c1-14(2)17-12-18(15(3)4)22(19(13-17)16(5)6)30(28,29)26-21-20-10-11-25(9,23(21)27)24(20,7)8/h12-16,20-21,23,26-27H,10-11H2,1-9H3. The third-order valence-corrected chi connectivity index (χ3v) is 10.0. The predicted molar refractivity (Wildman–Crippen MR) is 123 cm³/mol.